The summed E-state index contributed by atoms with van der Waals surface area (Å²) >= 11 is 0.569. The van der Waals surface area contributed by atoms with Crippen molar-refractivity contribution in [2.75, 3.05) is 0 Å². The number of hydrogen-bond acceptors (Lipinski definition) is 0. The normalized spacial score (nSPS) is 10.1. The van der Waals surface area contributed by atoms with Gasteiger partial charge in [0.25, 0.3) is 0 Å². The molecule has 0 radical (unpaired) electrons. The van der Waals surface area contributed by atoms with E-state index in [0.717, 1.165) is 0 Å². The Morgan fingerprint density at radius 3 is 0.524 bits per heavy atom. The smallest absolute Gasteiger partial charge is 0 e. The molecule has 0 aromatic heterocycles. The van der Waals surface area contributed by atoms with Crippen LogP contribution in [0.5, 0.6) is 0 Å². The van der Waals surface area contributed by atoms with Crippen LogP contribution in [0.3, 0.4) is 0 Å². The summed E-state index contributed by atoms with van der Waals surface area (Å²) in [6.45, 7) is 0. The second kappa shape index (κ2) is 19.9. The third kappa shape index (κ3) is 10.5. The zero-order chi connectivity index (χ0) is 28.5. The Hall–Kier alpha value is -2.12. The molecule has 0 spiro atoms. The molecule has 0 aliphatic carbocycles. The third-order valence-electron chi connectivity index (χ3n) is 6.09. The Kier molecular flexibility index (Phi) is 16.3. The molecular weight excluding hydrogens is 689 g/mol. The van der Waals surface area contributed by atoms with Crippen molar-refractivity contribution >= 4 is 68.1 Å². The Labute approximate surface area is 280 Å². The Bertz CT molecular complexity index is 1210. The summed E-state index contributed by atoms with van der Waals surface area (Å²) in [5.41, 5.74) is 0. The number of hydrogen-bond donors (Lipinski definition) is 0. The predicted octanol–water partition coefficient (Wildman–Crippen LogP) is 8.26. The second-order valence-corrected chi connectivity index (χ2v) is 14.8. The quantitative estimate of drug-likeness (QED) is 0.120. The molecule has 0 amide bonds. The molecule has 0 N–H and O–H groups in total. The fourth-order valence-corrected chi connectivity index (χ4v) is 8.97. The van der Waals surface area contributed by atoms with E-state index in [1.54, 1.807) is 0 Å². The van der Waals surface area contributed by atoms with E-state index >= 15 is 0 Å². The first-order valence-electron chi connectivity index (χ1n) is 13.0. The molecule has 0 saturated carbocycles. The topological polar surface area (TPSA) is 0 Å². The maximum absolute atomic E-state index is 4.70. The fourth-order valence-electron chi connectivity index (χ4n) is 4.36. The third-order valence-corrected chi connectivity index (χ3v) is 11.0. The van der Waals surface area contributed by atoms with Crippen LogP contribution in [0, 0.1) is 0 Å². The second-order valence-electron chi connectivity index (χ2n) is 8.73. The molecule has 6 rings (SSSR count). The van der Waals surface area contributed by atoms with Crippen LogP contribution in [-0.2, 0) is 32.1 Å². The standard InChI is InChI=1S/2C18H15P.2ClH.Ni.Zn/c2*1-4-10-16(11-5-1)19(17-12-6-2-7-13-17)18-14-8-3-9-15-18;;;;/h2*1-15H;2*1H;;/q;;;;+2;/p-2. The van der Waals surface area contributed by atoms with Crippen molar-refractivity contribution in [2.24, 2.45) is 0 Å². The van der Waals surface area contributed by atoms with Gasteiger partial charge in [0.2, 0.25) is 0 Å². The monoisotopic (exact) mass is 716 g/mol. The van der Waals surface area contributed by atoms with E-state index in [1.165, 1.54) is 31.8 Å². The predicted molar refractivity (Wildman–Crippen MR) is 182 cm³/mol. The van der Waals surface area contributed by atoms with E-state index in [1.807, 2.05) is 0 Å². The molecule has 0 fully saturated rings. The first-order chi connectivity index (χ1) is 20.3. The van der Waals surface area contributed by atoms with Crippen molar-refractivity contribution in [3.05, 3.63) is 182 Å². The molecule has 0 saturated heterocycles. The van der Waals surface area contributed by atoms with Gasteiger partial charge < -0.3 is 0 Å². The Morgan fingerprint density at radius 1 is 0.286 bits per heavy atom. The van der Waals surface area contributed by atoms with Gasteiger partial charge in [0.1, 0.15) is 0 Å². The van der Waals surface area contributed by atoms with E-state index < -0.39 is 15.8 Å². The molecule has 42 heavy (non-hydrogen) atoms. The molecule has 0 aliphatic rings. The molecule has 6 heteroatoms. The van der Waals surface area contributed by atoms with Crippen molar-refractivity contribution in [3.8, 4) is 0 Å². The van der Waals surface area contributed by atoms with Gasteiger partial charge in [-0.2, -0.15) is 0 Å². The van der Waals surface area contributed by atoms with Crippen LogP contribution < -0.4 is 31.8 Å². The van der Waals surface area contributed by atoms with Crippen LogP contribution in [0.25, 0.3) is 0 Å². The van der Waals surface area contributed by atoms with Gasteiger partial charge in [0.15, 0.2) is 0 Å². The molecule has 0 heterocycles. The molecule has 6 aromatic rings. The van der Waals surface area contributed by atoms with Crippen molar-refractivity contribution in [1.82, 2.24) is 0 Å². The number of benzene rings is 6. The van der Waals surface area contributed by atoms with Gasteiger partial charge >= 0.3 is 33.0 Å². The van der Waals surface area contributed by atoms with Gasteiger partial charge in [-0.05, 0) is 47.7 Å². The van der Waals surface area contributed by atoms with Gasteiger partial charge in [-0.3, -0.25) is 0 Å². The summed E-state index contributed by atoms with van der Waals surface area (Å²) in [5.74, 6) is 0. The summed E-state index contributed by atoms with van der Waals surface area (Å²) in [5, 5.41) is 8.39. The minimum absolute atomic E-state index is 0. The van der Waals surface area contributed by atoms with Crippen LogP contribution in [0.2, 0.25) is 0 Å². The maximum atomic E-state index is 4.70. The maximum Gasteiger partial charge on any atom is 0 e. The largest absolute Gasteiger partial charge is 0.0622 e. The fraction of sp³-hybridized carbons (Fsp3) is 0. The van der Waals surface area contributed by atoms with E-state index in [2.05, 4.69) is 182 Å². The first kappa shape index (κ1) is 34.4. The van der Waals surface area contributed by atoms with E-state index in [4.69, 9.17) is 20.4 Å². The van der Waals surface area contributed by atoms with Crippen LogP contribution in [0.15, 0.2) is 182 Å². The van der Waals surface area contributed by atoms with Crippen LogP contribution in [0.1, 0.15) is 0 Å². The average molecular weight is 720 g/mol. The molecule has 0 aliphatic heterocycles. The SMILES string of the molecule is [Cl][Ni][Cl].[Zn].c1ccc(P(c2ccccc2)c2ccccc2)cc1.c1ccc(P(c2ccccc2)c2ccccc2)cc1. The van der Waals surface area contributed by atoms with Gasteiger partial charge in [-0.25, -0.2) is 0 Å². The summed E-state index contributed by atoms with van der Waals surface area (Å²) in [6, 6.07) is 64.7. The summed E-state index contributed by atoms with van der Waals surface area (Å²) < 4.78 is 0. The van der Waals surface area contributed by atoms with Crippen LogP contribution >= 0.6 is 36.2 Å². The van der Waals surface area contributed by atoms with Crippen molar-refractivity contribution in [3.63, 3.8) is 0 Å². The molecular formula is C36H30Cl2NiP2Zn. The minimum Gasteiger partial charge on any atom is -0.0622 e. The summed E-state index contributed by atoms with van der Waals surface area (Å²) in [6.07, 6.45) is 0. The van der Waals surface area contributed by atoms with Gasteiger partial charge in [-0.1, -0.05) is 182 Å². The van der Waals surface area contributed by atoms with Crippen molar-refractivity contribution in [2.45, 2.75) is 0 Å². The van der Waals surface area contributed by atoms with Crippen molar-refractivity contribution in [1.29, 1.82) is 0 Å². The zero-order valence-electron chi connectivity index (χ0n) is 23.0. The Morgan fingerprint density at radius 2 is 0.405 bits per heavy atom. The average Bonchev–Trinajstić information content (AvgIpc) is 3.05. The Balaban J connectivity index is 0.000000207. The molecule has 0 atom stereocenters. The molecule has 0 bridgehead atoms. The molecule has 210 valence electrons. The van der Waals surface area contributed by atoms with Gasteiger partial charge in [-0.15, -0.1) is 0 Å². The number of halogens is 2. The van der Waals surface area contributed by atoms with Crippen LogP contribution in [0.4, 0.5) is 0 Å². The first-order valence-corrected chi connectivity index (χ1v) is 18.4. The molecule has 0 unspecified atom stereocenters. The van der Waals surface area contributed by atoms with Crippen LogP contribution in [-0.4, -0.2) is 0 Å². The number of rotatable bonds is 6. The van der Waals surface area contributed by atoms with E-state index in [0.29, 0.717) is 12.7 Å². The molecule has 6 aromatic carbocycles. The van der Waals surface area contributed by atoms with Gasteiger partial charge in [0.05, 0.1) is 0 Å². The van der Waals surface area contributed by atoms with Crippen molar-refractivity contribution < 1.29 is 32.1 Å². The van der Waals surface area contributed by atoms with E-state index in [-0.39, 0.29) is 19.5 Å². The minimum atomic E-state index is -0.446. The van der Waals surface area contributed by atoms with E-state index in [9.17, 15) is 0 Å². The zero-order valence-corrected chi connectivity index (χ0v) is 30.2. The summed E-state index contributed by atoms with van der Waals surface area (Å²) in [7, 11) is 8.51. The van der Waals surface area contributed by atoms with Gasteiger partial charge in [0, 0.05) is 19.5 Å². The molecule has 0 nitrogen and oxygen atoms in total. The summed E-state index contributed by atoms with van der Waals surface area (Å²) in [4.78, 5) is 0.